The summed E-state index contributed by atoms with van der Waals surface area (Å²) in [6.45, 7) is 10.3. The highest BCUT2D eigenvalue weighted by molar-refractivity contribution is 5.82. The maximum Gasteiger partial charge on any atom is 0.225 e. The third-order valence-electron chi connectivity index (χ3n) is 8.61. The van der Waals surface area contributed by atoms with Gasteiger partial charge in [0.05, 0.1) is 0 Å². The van der Waals surface area contributed by atoms with Crippen LogP contribution in [0, 0.1) is 25.2 Å². The second-order valence-electron chi connectivity index (χ2n) is 10.4. The molecule has 2 saturated carbocycles. The predicted molar refractivity (Wildman–Crippen MR) is 120 cm³/mol. The number of likely N-dealkylation sites (tertiary alicyclic amines) is 1. The molecule has 3 fully saturated rings. The Hall–Kier alpha value is -1.84. The minimum atomic E-state index is -0.142. The van der Waals surface area contributed by atoms with Gasteiger partial charge in [0.25, 0.3) is 0 Å². The smallest absolute Gasteiger partial charge is 0.225 e. The molecule has 0 unspecified atom stereocenters. The maximum absolute atomic E-state index is 13.0. The van der Waals surface area contributed by atoms with E-state index in [0.717, 1.165) is 45.2 Å². The van der Waals surface area contributed by atoms with Crippen molar-refractivity contribution in [3.63, 3.8) is 0 Å². The molecule has 1 aromatic rings. The first-order valence-electron chi connectivity index (χ1n) is 12.0. The van der Waals surface area contributed by atoms with Crippen molar-refractivity contribution in [2.75, 3.05) is 13.1 Å². The summed E-state index contributed by atoms with van der Waals surface area (Å²) in [6, 6.07) is 6.72. The molecule has 1 N–H and O–H groups in total. The molecule has 1 spiro atoms. The van der Waals surface area contributed by atoms with Crippen LogP contribution >= 0.6 is 0 Å². The fourth-order valence-electron chi connectivity index (χ4n) is 6.21. The van der Waals surface area contributed by atoms with Crippen molar-refractivity contribution in [2.24, 2.45) is 11.3 Å². The predicted octanol–water partition coefficient (Wildman–Crippen LogP) is 4.87. The Morgan fingerprint density at radius 3 is 2.33 bits per heavy atom. The summed E-state index contributed by atoms with van der Waals surface area (Å²) in [5.74, 6) is 1.22. The normalized spacial score (nSPS) is 28.0. The molecule has 1 aliphatic heterocycles. The zero-order valence-electron chi connectivity index (χ0n) is 19.2. The van der Waals surface area contributed by atoms with Crippen LogP contribution < -0.4 is 5.32 Å². The highest BCUT2D eigenvalue weighted by Gasteiger charge is 2.51. The maximum atomic E-state index is 13.0. The molecule has 1 heterocycles. The van der Waals surface area contributed by atoms with Crippen molar-refractivity contribution in [2.45, 2.75) is 90.5 Å². The number of hydrogen-bond acceptors (Lipinski definition) is 2. The summed E-state index contributed by atoms with van der Waals surface area (Å²) in [5.41, 5.74) is 4.72. The Bertz CT molecular complexity index is 808. The molecule has 1 saturated heterocycles. The molecule has 30 heavy (non-hydrogen) atoms. The Kier molecular flexibility index (Phi) is 5.71. The van der Waals surface area contributed by atoms with E-state index in [-0.39, 0.29) is 17.4 Å². The van der Waals surface area contributed by atoms with Gasteiger partial charge in [-0.1, -0.05) is 32.0 Å². The fraction of sp³-hybridized carbons (Fsp3) is 0.692. The molecule has 4 heteroatoms. The molecule has 0 bridgehead atoms. The number of nitrogens with zero attached hydrogens (tertiary/aromatic N) is 1. The van der Waals surface area contributed by atoms with E-state index in [9.17, 15) is 9.59 Å². The summed E-state index contributed by atoms with van der Waals surface area (Å²) in [4.78, 5) is 27.0. The van der Waals surface area contributed by atoms with Gasteiger partial charge in [-0.2, -0.15) is 0 Å². The van der Waals surface area contributed by atoms with Crippen molar-refractivity contribution in [1.29, 1.82) is 0 Å². The molecular weight excluding hydrogens is 372 g/mol. The lowest BCUT2D eigenvalue weighted by molar-refractivity contribution is -0.146. The van der Waals surface area contributed by atoms with Crippen molar-refractivity contribution in [1.82, 2.24) is 10.2 Å². The number of benzene rings is 1. The number of carbonyl (C=O) groups is 2. The second kappa shape index (κ2) is 8.01. The van der Waals surface area contributed by atoms with Crippen LogP contribution in [0.2, 0.25) is 0 Å². The van der Waals surface area contributed by atoms with E-state index < -0.39 is 0 Å². The summed E-state index contributed by atoms with van der Waals surface area (Å²) >= 11 is 0. The third kappa shape index (κ3) is 3.78. The average Bonchev–Trinajstić information content (AvgIpc) is 2.70. The lowest BCUT2D eigenvalue weighted by atomic mass is 9.55. The number of nitrogens with one attached hydrogen (secondary N) is 1. The van der Waals surface area contributed by atoms with E-state index in [2.05, 4.69) is 49.2 Å². The lowest BCUT2D eigenvalue weighted by Crippen LogP contribution is -2.61. The third-order valence-corrected chi connectivity index (χ3v) is 8.61. The van der Waals surface area contributed by atoms with Crippen LogP contribution in [-0.4, -0.2) is 35.3 Å². The Balaban J connectivity index is 1.27. The number of rotatable bonds is 5. The molecule has 0 aromatic heterocycles. The van der Waals surface area contributed by atoms with Crippen LogP contribution in [-0.2, 0) is 9.59 Å². The second-order valence-corrected chi connectivity index (χ2v) is 10.4. The van der Waals surface area contributed by atoms with Crippen LogP contribution in [0.1, 0.15) is 87.8 Å². The van der Waals surface area contributed by atoms with Crippen LogP contribution in [0.25, 0.3) is 0 Å². The van der Waals surface area contributed by atoms with E-state index in [1.807, 2.05) is 6.92 Å². The van der Waals surface area contributed by atoms with Crippen LogP contribution in [0.15, 0.2) is 18.2 Å². The van der Waals surface area contributed by atoms with Crippen LogP contribution in [0.5, 0.6) is 0 Å². The molecule has 0 atom stereocenters. The van der Waals surface area contributed by atoms with Crippen LogP contribution in [0.4, 0.5) is 0 Å². The Labute approximate surface area is 181 Å². The summed E-state index contributed by atoms with van der Waals surface area (Å²) in [5, 5.41) is 3.17. The average molecular weight is 411 g/mol. The topological polar surface area (TPSA) is 49.4 Å². The van der Waals surface area contributed by atoms with Crippen molar-refractivity contribution in [3.8, 4) is 0 Å². The molecule has 1 aromatic carbocycles. The van der Waals surface area contributed by atoms with E-state index in [1.54, 1.807) is 5.56 Å². The van der Waals surface area contributed by atoms with Gasteiger partial charge in [-0.05, 0) is 86.8 Å². The Morgan fingerprint density at radius 1 is 1.07 bits per heavy atom. The zero-order valence-corrected chi connectivity index (χ0v) is 19.2. The molecule has 4 nitrogen and oxygen atoms in total. The van der Waals surface area contributed by atoms with Crippen LogP contribution in [0.3, 0.4) is 0 Å². The van der Waals surface area contributed by atoms with E-state index in [0.29, 0.717) is 23.7 Å². The standard InChI is InChI=1S/C26H38N2O2/c1-5-23(29)27-26(6-2)16-21(17-26)24(30)28-12-10-25(11-13-28)14-20(15-25)22-9-7-8-18(3)19(22)4/h7-9,20-21H,5-6,10-17H2,1-4H3,(H,27,29). The van der Waals surface area contributed by atoms with Gasteiger partial charge >= 0.3 is 0 Å². The summed E-state index contributed by atoms with van der Waals surface area (Å²) in [7, 11) is 0. The van der Waals surface area contributed by atoms with Crippen molar-refractivity contribution >= 4 is 11.8 Å². The van der Waals surface area contributed by atoms with Gasteiger partial charge in [-0.15, -0.1) is 0 Å². The van der Waals surface area contributed by atoms with Gasteiger partial charge in [0.1, 0.15) is 0 Å². The number of hydrogen-bond donors (Lipinski definition) is 1. The van der Waals surface area contributed by atoms with Gasteiger partial charge in [-0.25, -0.2) is 0 Å². The molecule has 2 amide bonds. The van der Waals surface area contributed by atoms with Crippen molar-refractivity contribution < 1.29 is 9.59 Å². The largest absolute Gasteiger partial charge is 0.351 e. The number of aryl methyl sites for hydroxylation is 1. The molecular formula is C26H38N2O2. The molecule has 4 rings (SSSR count). The highest BCUT2D eigenvalue weighted by atomic mass is 16.2. The summed E-state index contributed by atoms with van der Waals surface area (Å²) < 4.78 is 0. The van der Waals surface area contributed by atoms with Gasteiger partial charge in [0, 0.05) is 31.0 Å². The minimum absolute atomic E-state index is 0.0974. The van der Waals surface area contributed by atoms with E-state index in [1.165, 1.54) is 24.0 Å². The van der Waals surface area contributed by atoms with Crippen molar-refractivity contribution in [3.05, 3.63) is 34.9 Å². The first-order chi connectivity index (χ1) is 14.3. The number of carbonyl (C=O) groups excluding carboxylic acids is 2. The van der Waals surface area contributed by atoms with Gasteiger partial charge in [0.2, 0.25) is 11.8 Å². The monoisotopic (exact) mass is 410 g/mol. The lowest BCUT2D eigenvalue weighted by Gasteiger charge is -2.54. The molecule has 0 radical (unpaired) electrons. The highest BCUT2D eigenvalue weighted by Crippen LogP contribution is 2.57. The first kappa shape index (κ1) is 21.4. The zero-order chi connectivity index (χ0) is 21.5. The van der Waals surface area contributed by atoms with Gasteiger partial charge < -0.3 is 10.2 Å². The number of amides is 2. The Morgan fingerprint density at radius 2 is 1.73 bits per heavy atom. The minimum Gasteiger partial charge on any atom is -0.351 e. The molecule has 164 valence electrons. The quantitative estimate of drug-likeness (QED) is 0.752. The van der Waals surface area contributed by atoms with Gasteiger partial charge in [0.15, 0.2) is 0 Å². The first-order valence-corrected chi connectivity index (χ1v) is 12.0. The SMILES string of the molecule is CCC(=O)NC1(CC)CC(C(=O)N2CCC3(CC2)CC(c2cccc(C)c2C)C3)C1. The number of piperidine rings is 1. The van der Waals surface area contributed by atoms with Gasteiger partial charge in [-0.3, -0.25) is 9.59 Å². The van der Waals surface area contributed by atoms with E-state index in [4.69, 9.17) is 0 Å². The fourth-order valence-corrected chi connectivity index (χ4v) is 6.21. The molecule has 3 aliphatic rings. The molecule has 2 aliphatic carbocycles. The van der Waals surface area contributed by atoms with E-state index >= 15 is 0 Å². The summed E-state index contributed by atoms with van der Waals surface area (Å²) in [6.07, 6.45) is 7.91.